The van der Waals surface area contributed by atoms with Gasteiger partial charge in [-0.05, 0) is 51.7 Å². The van der Waals surface area contributed by atoms with Crippen LogP contribution in [-0.2, 0) is 11.8 Å². The van der Waals surface area contributed by atoms with Gasteiger partial charge in [0.15, 0.2) is 0 Å². The maximum atomic E-state index is 12.2. The minimum absolute atomic E-state index is 0.100. The molecule has 1 amide bonds. The van der Waals surface area contributed by atoms with Gasteiger partial charge >= 0.3 is 11.8 Å². The molecule has 0 unspecified atom stereocenters. The number of para-hydroxylation sites is 1. The average molecular weight is 374 g/mol. The average Bonchev–Trinajstić information content (AvgIpc) is 2.88. The van der Waals surface area contributed by atoms with Crippen LogP contribution in [-0.4, -0.2) is 52.8 Å². The van der Waals surface area contributed by atoms with Crippen molar-refractivity contribution in [1.82, 2.24) is 14.5 Å². The molecular weight excluding hydrogens is 344 g/mol. The Kier molecular flexibility index (Phi) is 5.22. The van der Waals surface area contributed by atoms with Crippen LogP contribution in [0.25, 0.3) is 11.0 Å². The summed E-state index contributed by atoms with van der Waals surface area (Å²) in [5.41, 5.74) is 2.27. The molecule has 1 aromatic carbocycles. The summed E-state index contributed by atoms with van der Waals surface area (Å²) >= 11 is 0. The highest BCUT2D eigenvalue weighted by Gasteiger charge is 2.27. The Balaban J connectivity index is 1.63. The number of ether oxygens (including phenoxy) is 1. The standard InChI is InChI=1S/C20H30N4O3/c1-20(2,3)27-19(26)24-11-9-14(10-12-24)13-22(4)16-8-6-7-15-17(16)23(5)18(25)21-15/h6-8,14H,9-13H2,1-5H3,(H,21,25). The molecule has 1 N–H and O–H groups in total. The van der Waals surface area contributed by atoms with Crippen molar-refractivity contribution in [2.45, 2.75) is 39.2 Å². The molecule has 0 aliphatic carbocycles. The van der Waals surface area contributed by atoms with Gasteiger partial charge < -0.3 is 19.5 Å². The van der Waals surface area contributed by atoms with Crippen LogP contribution in [0.2, 0.25) is 0 Å². The van der Waals surface area contributed by atoms with Gasteiger partial charge in [-0.3, -0.25) is 4.57 Å². The van der Waals surface area contributed by atoms with Crippen LogP contribution in [0.15, 0.2) is 23.0 Å². The van der Waals surface area contributed by atoms with E-state index in [1.807, 2.05) is 39.0 Å². The number of anilines is 1. The Labute approximate surface area is 159 Å². The molecule has 0 atom stereocenters. The Morgan fingerprint density at radius 3 is 2.59 bits per heavy atom. The molecule has 0 spiro atoms. The van der Waals surface area contributed by atoms with Crippen LogP contribution < -0.4 is 10.6 Å². The maximum absolute atomic E-state index is 12.2. The topological polar surface area (TPSA) is 70.6 Å². The van der Waals surface area contributed by atoms with Gasteiger partial charge in [-0.1, -0.05) is 6.07 Å². The second-order valence-electron chi connectivity index (χ2n) is 8.45. The third kappa shape index (κ3) is 4.28. The third-order valence-corrected chi connectivity index (χ3v) is 5.11. The fraction of sp³-hybridized carbons (Fsp3) is 0.600. The number of piperidine rings is 1. The van der Waals surface area contributed by atoms with Crippen molar-refractivity contribution >= 4 is 22.8 Å². The number of nitrogens with zero attached hydrogens (tertiary/aromatic N) is 3. The van der Waals surface area contributed by atoms with Gasteiger partial charge in [-0.15, -0.1) is 0 Å². The third-order valence-electron chi connectivity index (χ3n) is 5.11. The van der Waals surface area contributed by atoms with E-state index in [1.165, 1.54) is 0 Å². The molecule has 2 aromatic rings. The summed E-state index contributed by atoms with van der Waals surface area (Å²) in [5, 5.41) is 0. The van der Waals surface area contributed by atoms with Gasteiger partial charge in [-0.25, -0.2) is 9.59 Å². The zero-order chi connectivity index (χ0) is 19.8. The highest BCUT2D eigenvalue weighted by molar-refractivity contribution is 5.89. The molecule has 7 heteroatoms. The number of carbonyl (C=O) groups excluding carboxylic acids is 1. The van der Waals surface area contributed by atoms with Crippen LogP contribution in [0.4, 0.5) is 10.5 Å². The largest absolute Gasteiger partial charge is 0.444 e. The lowest BCUT2D eigenvalue weighted by atomic mass is 9.96. The SMILES string of the molecule is CN(CC1CCN(C(=O)OC(C)(C)C)CC1)c1cccc2[nH]c(=O)n(C)c12. The summed E-state index contributed by atoms with van der Waals surface area (Å²) in [6.07, 6.45) is 1.68. The number of rotatable bonds is 3. The fourth-order valence-corrected chi connectivity index (χ4v) is 3.70. The van der Waals surface area contributed by atoms with Crippen molar-refractivity contribution in [3.05, 3.63) is 28.7 Å². The summed E-state index contributed by atoms with van der Waals surface area (Å²) in [5.74, 6) is 0.500. The number of benzene rings is 1. The van der Waals surface area contributed by atoms with E-state index in [-0.39, 0.29) is 11.8 Å². The number of aromatic nitrogens is 2. The molecule has 7 nitrogen and oxygen atoms in total. The molecule has 1 aliphatic rings. The number of aryl methyl sites for hydroxylation is 1. The van der Waals surface area contributed by atoms with Crippen LogP contribution in [0.5, 0.6) is 0 Å². The maximum Gasteiger partial charge on any atom is 0.410 e. The van der Waals surface area contributed by atoms with E-state index in [1.54, 1.807) is 16.5 Å². The number of hydrogen-bond acceptors (Lipinski definition) is 4. The van der Waals surface area contributed by atoms with E-state index in [2.05, 4.69) is 16.9 Å². The quantitative estimate of drug-likeness (QED) is 0.897. The van der Waals surface area contributed by atoms with E-state index < -0.39 is 5.60 Å². The summed E-state index contributed by atoms with van der Waals surface area (Å²) in [6.45, 7) is 8.01. The Morgan fingerprint density at radius 1 is 1.30 bits per heavy atom. The number of H-pyrrole nitrogens is 1. The fourth-order valence-electron chi connectivity index (χ4n) is 3.70. The first-order valence-corrected chi connectivity index (χ1v) is 9.52. The zero-order valence-corrected chi connectivity index (χ0v) is 16.9. The normalized spacial score (nSPS) is 16.0. The van der Waals surface area contributed by atoms with E-state index in [0.717, 1.165) is 49.2 Å². The van der Waals surface area contributed by atoms with Crippen molar-refractivity contribution in [2.24, 2.45) is 13.0 Å². The minimum Gasteiger partial charge on any atom is -0.444 e. The first-order chi connectivity index (χ1) is 12.7. The zero-order valence-electron chi connectivity index (χ0n) is 16.9. The van der Waals surface area contributed by atoms with Crippen molar-refractivity contribution in [3.63, 3.8) is 0 Å². The van der Waals surface area contributed by atoms with E-state index in [0.29, 0.717) is 5.92 Å². The first-order valence-electron chi connectivity index (χ1n) is 9.52. The lowest BCUT2D eigenvalue weighted by Gasteiger charge is -2.35. The second kappa shape index (κ2) is 7.29. The summed E-state index contributed by atoms with van der Waals surface area (Å²) in [4.78, 5) is 31.1. The second-order valence-corrected chi connectivity index (χ2v) is 8.45. The lowest BCUT2D eigenvalue weighted by Crippen LogP contribution is -2.43. The minimum atomic E-state index is -0.459. The van der Waals surface area contributed by atoms with Crippen LogP contribution >= 0.6 is 0 Å². The number of fused-ring (bicyclic) bond motifs is 1. The number of amides is 1. The van der Waals surface area contributed by atoms with Crippen molar-refractivity contribution < 1.29 is 9.53 Å². The predicted molar refractivity (Wildman–Crippen MR) is 107 cm³/mol. The predicted octanol–water partition coefficient (Wildman–Crippen LogP) is 2.95. The number of carbonyl (C=O) groups is 1. The molecule has 148 valence electrons. The molecule has 1 saturated heterocycles. The van der Waals surface area contributed by atoms with Crippen molar-refractivity contribution in [1.29, 1.82) is 0 Å². The van der Waals surface area contributed by atoms with Gasteiger partial charge in [0.25, 0.3) is 0 Å². The van der Waals surface area contributed by atoms with Gasteiger partial charge in [0.1, 0.15) is 5.60 Å². The first kappa shape index (κ1) is 19.3. The highest BCUT2D eigenvalue weighted by Crippen LogP contribution is 2.27. The van der Waals surface area contributed by atoms with Crippen molar-refractivity contribution in [2.75, 3.05) is 31.6 Å². The Morgan fingerprint density at radius 2 is 1.96 bits per heavy atom. The number of imidazole rings is 1. The van der Waals surface area contributed by atoms with E-state index in [4.69, 9.17) is 4.74 Å². The summed E-state index contributed by atoms with van der Waals surface area (Å²) in [6, 6.07) is 5.94. The van der Waals surface area contributed by atoms with Crippen molar-refractivity contribution in [3.8, 4) is 0 Å². The number of hydrogen-bond donors (Lipinski definition) is 1. The Bertz CT molecular complexity index is 869. The smallest absolute Gasteiger partial charge is 0.410 e. The summed E-state index contributed by atoms with van der Waals surface area (Å²) < 4.78 is 7.13. The van der Waals surface area contributed by atoms with Crippen LogP contribution in [0.3, 0.4) is 0 Å². The van der Waals surface area contributed by atoms with Gasteiger partial charge in [0.2, 0.25) is 0 Å². The van der Waals surface area contributed by atoms with Gasteiger partial charge in [-0.2, -0.15) is 0 Å². The van der Waals surface area contributed by atoms with Gasteiger partial charge in [0.05, 0.1) is 16.7 Å². The van der Waals surface area contributed by atoms with E-state index in [9.17, 15) is 9.59 Å². The van der Waals surface area contributed by atoms with E-state index >= 15 is 0 Å². The number of aromatic amines is 1. The monoisotopic (exact) mass is 374 g/mol. The van der Waals surface area contributed by atoms with Gasteiger partial charge in [0, 0.05) is 33.7 Å². The molecule has 1 aromatic heterocycles. The molecule has 1 fully saturated rings. The molecule has 0 saturated carbocycles. The number of likely N-dealkylation sites (tertiary alicyclic amines) is 1. The lowest BCUT2D eigenvalue weighted by molar-refractivity contribution is 0.0186. The molecule has 27 heavy (non-hydrogen) atoms. The van der Waals surface area contributed by atoms with Crippen LogP contribution in [0, 0.1) is 5.92 Å². The number of nitrogens with one attached hydrogen (secondary N) is 1. The molecule has 1 aliphatic heterocycles. The molecule has 3 rings (SSSR count). The molecule has 0 bridgehead atoms. The summed E-state index contributed by atoms with van der Waals surface area (Å²) in [7, 11) is 3.85. The van der Waals surface area contributed by atoms with Crippen LogP contribution in [0.1, 0.15) is 33.6 Å². The molecular formula is C20H30N4O3. The Hall–Kier alpha value is -2.44. The molecule has 0 radical (unpaired) electrons. The molecule has 2 heterocycles. The highest BCUT2D eigenvalue weighted by atomic mass is 16.6.